The van der Waals surface area contributed by atoms with Crippen LogP contribution in [0.5, 0.6) is 0 Å². The van der Waals surface area contributed by atoms with E-state index in [4.69, 9.17) is 43.7 Å². The molecule has 1 unspecified atom stereocenters. The van der Waals surface area contributed by atoms with Crippen LogP contribution in [0.4, 0.5) is 5.82 Å². The minimum absolute atomic E-state index is 0.0593. The minimum atomic E-state index is -0.831. The van der Waals surface area contributed by atoms with Crippen molar-refractivity contribution in [3.63, 3.8) is 0 Å². The van der Waals surface area contributed by atoms with E-state index in [0.29, 0.717) is 26.4 Å². The zero-order valence-corrected chi connectivity index (χ0v) is 18.5. The summed E-state index contributed by atoms with van der Waals surface area (Å²) in [5.74, 6) is 0.197. The van der Waals surface area contributed by atoms with Gasteiger partial charge in [-0.15, -0.1) is 0 Å². The first-order valence-electron chi connectivity index (χ1n) is 9.25. The Hall–Kier alpha value is -2.80. The molecule has 0 saturated carbocycles. The lowest BCUT2D eigenvalue weighted by Crippen LogP contribution is -2.29. The number of rotatable bonds is 2. The molecule has 0 N–H and O–H groups in total. The Morgan fingerprint density at radius 2 is 1.74 bits per heavy atom. The zero-order chi connectivity index (χ0) is 22.0. The van der Waals surface area contributed by atoms with E-state index in [9.17, 15) is 9.59 Å². The Balaban J connectivity index is 1.84. The first-order chi connectivity index (χ1) is 14.8. The number of benzene rings is 2. The first-order valence-corrected chi connectivity index (χ1v) is 10.4. The number of fused-ring (bicyclic) bond motifs is 2. The number of anilines is 1. The van der Waals surface area contributed by atoms with Gasteiger partial charge in [-0.05, 0) is 49.2 Å². The number of aromatic nitrogens is 1. The predicted molar refractivity (Wildman–Crippen MR) is 119 cm³/mol. The molecule has 1 atom stereocenters. The zero-order valence-electron chi connectivity index (χ0n) is 16.2. The second-order valence-corrected chi connectivity index (χ2v) is 8.54. The fraction of sp³-hybridized carbons (Fsp3) is 0.136. The summed E-state index contributed by atoms with van der Waals surface area (Å²) >= 11 is 18.6. The molecule has 4 aromatic rings. The summed E-state index contributed by atoms with van der Waals surface area (Å²) in [4.78, 5) is 28.3. The van der Waals surface area contributed by atoms with Crippen LogP contribution < -0.4 is 10.3 Å². The summed E-state index contributed by atoms with van der Waals surface area (Å²) in [6.07, 6.45) is 0. The van der Waals surface area contributed by atoms with E-state index in [0.717, 1.165) is 5.56 Å². The molecule has 3 heterocycles. The van der Waals surface area contributed by atoms with Crippen molar-refractivity contribution in [2.24, 2.45) is 0 Å². The molecule has 0 fully saturated rings. The van der Waals surface area contributed by atoms with Crippen LogP contribution in [0.15, 0.2) is 50.1 Å². The lowest BCUT2D eigenvalue weighted by molar-refractivity contribution is 0.0969. The van der Waals surface area contributed by atoms with Gasteiger partial charge >= 0.3 is 0 Å². The van der Waals surface area contributed by atoms with Crippen molar-refractivity contribution in [1.29, 1.82) is 0 Å². The van der Waals surface area contributed by atoms with E-state index < -0.39 is 11.9 Å². The largest absolute Gasteiger partial charge is 0.450 e. The highest BCUT2D eigenvalue weighted by molar-refractivity contribution is 6.42. The average molecular weight is 476 g/mol. The van der Waals surface area contributed by atoms with E-state index in [2.05, 4.69) is 5.16 Å². The average Bonchev–Trinajstić information content (AvgIpc) is 3.27. The van der Waals surface area contributed by atoms with Crippen molar-refractivity contribution in [3.05, 3.63) is 89.9 Å². The van der Waals surface area contributed by atoms with Gasteiger partial charge in [-0.1, -0.05) is 46.0 Å². The minimum Gasteiger partial charge on any atom is -0.450 e. The Kier molecular flexibility index (Phi) is 4.62. The Morgan fingerprint density at radius 1 is 0.968 bits per heavy atom. The first kappa shape index (κ1) is 20.1. The van der Waals surface area contributed by atoms with E-state index in [1.807, 2.05) is 0 Å². The highest BCUT2D eigenvalue weighted by Crippen LogP contribution is 2.42. The Bertz CT molecular complexity index is 1460. The van der Waals surface area contributed by atoms with Gasteiger partial charge < -0.3 is 8.94 Å². The molecule has 1 amide bonds. The molecule has 0 aliphatic carbocycles. The number of nitrogens with zero attached hydrogens (tertiary/aromatic N) is 2. The smallest absolute Gasteiger partial charge is 0.296 e. The van der Waals surface area contributed by atoms with Crippen LogP contribution in [-0.2, 0) is 0 Å². The van der Waals surface area contributed by atoms with Crippen molar-refractivity contribution < 1.29 is 13.7 Å². The highest BCUT2D eigenvalue weighted by Gasteiger charge is 2.45. The molecule has 156 valence electrons. The van der Waals surface area contributed by atoms with Crippen LogP contribution in [0.2, 0.25) is 15.1 Å². The molecule has 1 aliphatic rings. The van der Waals surface area contributed by atoms with Crippen molar-refractivity contribution >= 4 is 57.5 Å². The Morgan fingerprint density at radius 3 is 2.42 bits per heavy atom. The summed E-state index contributed by atoms with van der Waals surface area (Å²) in [6, 6.07) is 8.90. The second kappa shape index (κ2) is 7.12. The van der Waals surface area contributed by atoms with Crippen molar-refractivity contribution in [1.82, 2.24) is 5.16 Å². The third-order valence-corrected chi connectivity index (χ3v) is 6.42. The monoisotopic (exact) mass is 474 g/mol. The molecule has 0 bridgehead atoms. The van der Waals surface area contributed by atoms with E-state index in [1.165, 1.54) is 4.90 Å². The van der Waals surface area contributed by atoms with Crippen LogP contribution in [0.3, 0.4) is 0 Å². The van der Waals surface area contributed by atoms with Gasteiger partial charge in [-0.2, -0.15) is 0 Å². The number of carbonyl (C=O) groups is 1. The summed E-state index contributed by atoms with van der Waals surface area (Å²) in [5.41, 5.74) is 1.41. The molecular weight excluding hydrogens is 463 g/mol. The summed E-state index contributed by atoms with van der Waals surface area (Å²) < 4.78 is 11.1. The highest BCUT2D eigenvalue weighted by atomic mass is 35.5. The Labute approximate surface area is 190 Å². The molecule has 0 radical (unpaired) electrons. The van der Waals surface area contributed by atoms with Gasteiger partial charge in [-0.3, -0.25) is 14.5 Å². The van der Waals surface area contributed by atoms with Crippen LogP contribution >= 0.6 is 34.8 Å². The molecule has 5 rings (SSSR count). The quantitative estimate of drug-likeness (QED) is 0.350. The van der Waals surface area contributed by atoms with Gasteiger partial charge in [-0.25, -0.2) is 0 Å². The van der Waals surface area contributed by atoms with Crippen LogP contribution in [0, 0.1) is 13.8 Å². The second-order valence-electron chi connectivity index (χ2n) is 7.32. The molecule has 2 aromatic carbocycles. The van der Waals surface area contributed by atoms with E-state index >= 15 is 0 Å². The number of aryl methyl sites for hydroxylation is 2. The van der Waals surface area contributed by atoms with E-state index in [1.54, 1.807) is 50.2 Å². The topological polar surface area (TPSA) is 76.6 Å². The lowest BCUT2D eigenvalue weighted by Gasteiger charge is -2.22. The van der Waals surface area contributed by atoms with Crippen LogP contribution in [0.25, 0.3) is 11.0 Å². The molecule has 0 saturated heterocycles. The predicted octanol–water partition coefficient (Wildman–Crippen LogP) is 6.11. The molecule has 31 heavy (non-hydrogen) atoms. The normalized spacial score (nSPS) is 15.7. The van der Waals surface area contributed by atoms with Crippen LogP contribution in [0.1, 0.15) is 39.0 Å². The molecule has 9 heteroatoms. The standard InChI is InChI=1S/C22H13Cl3N2O4/c1-9-5-16-12(8-14(9)24)20(28)18-19(11-3-4-13(23)15(25)7-11)27(22(29)21(18)30-16)17-6-10(2)31-26-17/h3-8,19H,1-2H3. The van der Waals surface area contributed by atoms with Crippen LogP contribution in [-0.4, -0.2) is 11.1 Å². The molecule has 1 aliphatic heterocycles. The lowest BCUT2D eigenvalue weighted by atomic mass is 9.98. The molecule has 2 aromatic heterocycles. The van der Waals surface area contributed by atoms with Gasteiger partial charge in [0.25, 0.3) is 5.91 Å². The number of hydrogen-bond acceptors (Lipinski definition) is 5. The van der Waals surface area contributed by atoms with Gasteiger partial charge in [0.05, 0.1) is 27.0 Å². The number of halogens is 3. The van der Waals surface area contributed by atoms with Crippen molar-refractivity contribution in [2.75, 3.05) is 4.90 Å². The maximum Gasteiger partial charge on any atom is 0.296 e. The van der Waals surface area contributed by atoms with Gasteiger partial charge in [0.15, 0.2) is 11.2 Å². The maximum absolute atomic E-state index is 13.5. The van der Waals surface area contributed by atoms with Gasteiger partial charge in [0, 0.05) is 11.1 Å². The molecular formula is C22H13Cl3N2O4. The fourth-order valence-corrected chi connectivity index (χ4v) is 4.26. The summed E-state index contributed by atoms with van der Waals surface area (Å²) in [7, 11) is 0. The maximum atomic E-state index is 13.5. The molecule has 6 nitrogen and oxygen atoms in total. The number of carbonyl (C=O) groups excluding carboxylic acids is 1. The van der Waals surface area contributed by atoms with Gasteiger partial charge in [0.2, 0.25) is 5.76 Å². The third-order valence-electron chi connectivity index (χ3n) is 5.27. The molecule has 0 spiro atoms. The fourth-order valence-electron chi connectivity index (χ4n) is 3.79. The van der Waals surface area contributed by atoms with Crippen molar-refractivity contribution in [2.45, 2.75) is 19.9 Å². The van der Waals surface area contributed by atoms with Gasteiger partial charge in [0.1, 0.15) is 11.3 Å². The van der Waals surface area contributed by atoms with E-state index in [-0.39, 0.29) is 33.5 Å². The summed E-state index contributed by atoms with van der Waals surface area (Å²) in [6.45, 7) is 3.50. The number of amides is 1. The SMILES string of the molecule is Cc1cc(N2C(=O)c3oc4cc(C)c(Cl)cc4c(=O)c3C2c2ccc(Cl)c(Cl)c2)no1. The third kappa shape index (κ3) is 3.05. The number of hydrogen-bond donors (Lipinski definition) is 0. The summed E-state index contributed by atoms with van der Waals surface area (Å²) in [5, 5.41) is 5.34. The van der Waals surface area contributed by atoms with Crippen molar-refractivity contribution in [3.8, 4) is 0 Å².